The Morgan fingerprint density at radius 1 is 1.26 bits per heavy atom. The summed E-state index contributed by atoms with van der Waals surface area (Å²) < 4.78 is 0. The van der Waals surface area contributed by atoms with Gasteiger partial charge in [0, 0.05) is 6.08 Å². The molecule has 2 atom stereocenters. The normalized spacial score (nSPS) is 24.9. The van der Waals surface area contributed by atoms with Crippen LogP contribution in [0.3, 0.4) is 0 Å². The fourth-order valence-corrected chi connectivity index (χ4v) is 2.37. The minimum atomic E-state index is -1.04. The number of benzene rings is 1. The van der Waals surface area contributed by atoms with E-state index in [1.165, 1.54) is 11.0 Å². The highest BCUT2D eigenvalue weighted by molar-refractivity contribution is 6.24. The van der Waals surface area contributed by atoms with Crippen LogP contribution in [-0.4, -0.2) is 22.9 Å². The van der Waals surface area contributed by atoms with E-state index in [0.717, 1.165) is 6.08 Å². The summed E-state index contributed by atoms with van der Waals surface area (Å²) in [5.74, 6) is -1.60. The standard InChI is InChI=1S/C14H11NO4/c16-12(17)5-4-8-2-1-3-9(6-8)15-13(18)10-7-11(10)14(15)19/h1-6,10-11H,7H2,(H,16,17). The van der Waals surface area contributed by atoms with Crippen LogP contribution in [0.5, 0.6) is 0 Å². The molecule has 5 nitrogen and oxygen atoms in total. The van der Waals surface area contributed by atoms with Crippen molar-refractivity contribution in [1.29, 1.82) is 0 Å². The van der Waals surface area contributed by atoms with E-state index in [9.17, 15) is 14.4 Å². The molecular formula is C14H11NO4. The van der Waals surface area contributed by atoms with Crippen LogP contribution in [0.1, 0.15) is 12.0 Å². The number of carbonyl (C=O) groups excluding carboxylic acids is 2. The van der Waals surface area contributed by atoms with E-state index in [-0.39, 0.29) is 23.7 Å². The number of carboxylic acid groups (broad SMARTS) is 1. The molecule has 3 rings (SSSR count). The summed E-state index contributed by atoms with van der Waals surface area (Å²) in [5, 5.41) is 8.57. The molecule has 2 unspecified atom stereocenters. The molecule has 1 heterocycles. The van der Waals surface area contributed by atoms with Gasteiger partial charge in [-0.25, -0.2) is 4.79 Å². The summed E-state index contributed by atoms with van der Waals surface area (Å²) in [6, 6.07) is 6.73. The second-order valence-electron chi connectivity index (χ2n) is 4.73. The fourth-order valence-electron chi connectivity index (χ4n) is 2.37. The zero-order chi connectivity index (χ0) is 13.6. The smallest absolute Gasteiger partial charge is 0.328 e. The maximum Gasteiger partial charge on any atom is 0.328 e. The lowest BCUT2D eigenvalue weighted by Crippen LogP contribution is -2.32. The monoisotopic (exact) mass is 257 g/mol. The Balaban J connectivity index is 1.89. The van der Waals surface area contributed by atoms with Gasteiger partial charge in [0.2, 0.25) is 11.8 Å². The average Bonchev–Trinajstić information content (AvgIpc) is 3.12. The van der Waals surface area contributed by atoms with Gasteiger partial charge in [0.05, 0.1) is 17.5 Å². The van der Waals surface area contributed by atoms with Crippen molar-refractivity contribution in [2.75, 3.05) is 4.90 Å². The summed E-state index contributed by atoms with van der Waals surface area (Å²) >= 11 is 0. The largest absolute Gasteiger partial charge is 0.478 e. The van der Waals surface area contributed by atoms with Gasteiger partial charge in [0.15, 0.2) is 0 Å². The Morgan fingerprint density at radius 3 is 2.58 bits per heavy atom. The van der Waals surface area contributed by atoms with E-state index in [1.807, 2.05) is 0 Å². The second-order valence-corrected chi connectivity index (χ2v) is 4.73. The zero-order valence-electron chi connectivity index (χ0n) is 9.95. The molecule has 1 aromatic carbocycles. The molecule has 2 fully saturated rings. The molecule has 0 bridgehead atoms. The zero-order valence-corrected chi connectivity index (χ0v) is 9.95. The third-order valence-corrected chi connectivity index (χ3v) is 3.41. The van der Waals surface area contributed by atoms with Gasteiger partial charge in [-0.2, -0.15) is 0 Å². The number of amides is 2. The molecule has 1 saturated heterocycles. The minimum absolute atomic E-state index is 0.134. The summed E-state index contributed by atoms with van der Waals surface area (Å²) in [6.45, 7) is 0. The van der Waals surface area contributed by atoms with Crippen molar-refractivity contribution in [3.05, 3.63) is 35.9 Å². The summed E-state index contributed by atoms with van der Waals surface area (Å²) in [5.41, 5.74) is 1.15. The topological polar surface area (TPSA) is 74.7 Å². The van der Waals surface area contributed by atoms with E-state index in [2.05, 4.69) is 0 Å². The molecule has 1 aliphatic carbocycles. The number of carboxylic acids is 1. The van der Waals surface area contributed by atoms with E-state index in [1.54, 1.807) is 24.3 Å². The quantitative estimate of drug-likeness (QED) is 0.654. The van der Waals surface area contributed by atoms with Gasteiger partial charge in [-0.3, -0.25) is 14.5 Å². The Labute approximate surface area is 109 Å². The first-order valence-corrected chi connectivity index (χ1v) is 5.97. The van der Waals surface area contributed by atoms with Crippen molar-refractivity contribution in [3.63, 3.8) is 0 Å². The van der Waals surface area contributed by atoms with Crippen molar-refractivity contribution in [2.24, 2.45) is 11.8 Å². The predicted octanol–water partition coefficient (Wildman–Crippen LogP) is 1.29. The minimum Gasteiger partial charge on any atom is -0.478 e. The van der Waals surface area contributed by atoms with Crippen LogP contribution in [0.4, 0.5) is 5.69 Å². The summed E-state index contributed by atoms with van der Waals surface area (Å²) in [6.07, 6.45) is 3.12. The lowest BCUT2D eigenvalue weighted by Gasteiger charge is -2.16. The maximum atomic E-state index is 11.9. The lowest BCUT2D eigenvalue weighted by atomic mass is 10.1. The molecule has 0 aromatic heterocycles. The average molecular weight is 257 g/mol. The number of carbonyl (C=O) groups is 3. The number of nitrogens with zero attached hydrogens (tertiary/aromatic N) is 1. The van der Waals surface area contributed by atoms with E-state index in [0.29, 0.717) is 17.7 Å². The number of hydrogen-bond donors (Lipinski definition) is 1. The van der Waals surface area contributed by atoms with Gasteiger partial charge in [-0.15, -0.1) is 0 Å². The molecular weight excluding hydrogens is 246 g/mol. The predicted molar refractivity (Wildman–Crippen MR) is 67.2 cm³/mol. The number of piperidine rings is 1. The molecule has 0 spiro atoms. The number of fused-ring (bicyclic) bond motifs is 1. The molecule has 1 saturated carbocycles. The molecule has 2 amide bonds. The number of anilines is 1. The van der Waals surface area contributed by atoms with E-state index in [4.69, 9.17) is 5.11 Å². The third-order valence-electron chi connectivity index (χ3n) is 3.41. The van der Waals surface area contributed by atoms with Gasteiger partial charge in [-0.05, 0) is 30.2 Å². The van der Waals surface area contributed by atoms with Gasteiger partial charge < -0.3 is 5.11 Å². The second kappa shape index (κ2) is 4.05. The van der Waals surface area contributed by atoms with Crippen molar-refractivity contribution in [3.8, 4) is 0 Å². The van der Waals surface area contributed by atoms with Crippen molar-refractivity contribution in [2.45, 2.75) is 6.42 Å². The number of imide groups is 1. The molecule has 1 N–H and O–H groups in total. The van der Waals surface area contributed by atoms with Crippen molar-refractivity contribution < 1.29 is 19.5 Å². The van der Waals surface area contributed by atoms with Crippen LogP contribution < -0.4 is 4.90 Å². The van der Waals surface area contributed by atoms with Crippen LogP contribution in [0, 0.1) is 11.8 Å². The van der Waals surface area contributed by atoms with Crippen molar-refractivity contribution >= 4 is 29.5 Å². The summed E-state index contributed by atoms with van der Waals surface area (Å²) in [7, 11) is 0. The Bertz CT molecular complexity index is 600. The first-order valence-electron chi connectivity index (χ1n) is 5.97. The van der Waals surface area contributed by atoms with Crippen LogP contribution in [0.25, 0.3) is 6.08 Å². The molecule has 19 heavy (non-hydrogen) atoms. The molecule has 2 aliphatic rings. The molecule has 96 valence electrons. The molecule has 0 radical (unpaired) electrons. The lowest BCUT2D eigenvalue weighted by molar-refractivity contribution is -0.131. The number of hydrogen-bond acceptors (Lipinski definition) is 3. The fraction of sp³-hybridized carbons (Fsp3) is 0.214. The molecule has 1 aliphatic heterocycles. The van der Waals surface area contributed by atoms with Crippen LogP contribution in [0.2, 0.25) is 0 Å². The first-order chi connectivity index (χ1) is 9.08. The van der Waals surface area contributed by atoms with Gasteiger partial charge in [0.25, 0.3) is 0 Å². The highest BCUT2D eigenvalue weighted by atomic mass is 16.4. The molecule has 5 heteroatoms. The van der Waals surface area contributed by atoms with Crippen LogP contribution in [0.15, 0.2) is 30.3 Å². The number of aliphatic carboxylic acids is 1. The van der Waals surface area contributed by atoms with E-state index < -0.39 is 5.97 Å². The highest BCUT2D eigenvalue weighted by Gasteiger charge is 2.59. The van der Waals surface area contributed by atoms with E-state index >= 15 is 0 Å². The van der Waals surface area contributed by atoms with Crippen molar-refractivity contribution in [1.82, 2.24) is 0 Å². The first kappa shape index (κ1) is 11.6. The van der Waals surface area contributed by atoms with Gasteiger partial charge in [-0.1, -0.05) is 12.1 Å². The Hall–Kier alpha value is -2.43. The van der Waals surface area contributed by atoms with Gasteiger partial charge in [0.1, 0.15) is 0 Å². The Morgan fingerprint density at radius 2 is 1.95 bits per heavy atom. The maximum absolute atomic E-state index is 11.9. The third kappa shape index (κ3) is 1.93. The van der Waals surface area contributed by atoms with Gasteiger partial charge >= 0.3 is 5.97 Å². The number of rotatable bonds is 3. The highest BCUT2D eigenvalue weighted by Crippen LogP contribution is 2.48. The summed E-state index contributed by atoms with van der Waals surface area (Å²) in [4.78, 5) is 35.5. The SMILES string of the molecule is O=C(O)C=Cc1cccc(N2C(=O)C3CC3C2=O)c1. The van der Waals surface area contributed by atoms with Crippen LogP contribution >= 0.6 is 0 Å². The molecule has 1 aromatic rings. The Kier molecular flexibility index (Phi) is 2.48. The van der Waals surface area contributed by atoms with Crippen LogP contribution in [-0.2, 0) is 14.4 Å².